The van der Waals surface area contributed by atoms with E-state index in [1.54, 1.807) is 43.4 Å². The average Bonchev–Trinajstić information content (AvgIpc) is 2.73. The van der Waals surface area contributed by atoms with Crippen LogP contribution in [0.1, 0.15) is 39.3 Å². The Hall–Kier alpha value is -2.40. The molecule has 0 saturated carbocycles. The molecule has 3 nitrogen and oxygen atoms in total. The second kappa shape index (κ2) is 11.6. The SMILES string of the molecule is Cc1cc(C(/C=C/c2ccc(C(=S)NCC(=O)NCC(F)(F)F)c(Br)c2)C(F)(F)F)cc(C)c1C. The zero-order valence-electron chi connectivity index (χ0n) is 19.0. The minimum absolute atomic E-state index is 0.0911. The number of benzene rings is 2. The van der Waals surface area contributed by atoms with Gasteiger partial charge in [0.1, 0.15) is 11.5 Å². The van der Waals surface area contributed by atoms with Crippen molar-refractivity contribution in [3.63, 3.8) is 0 Å². The number of thiocarbonyl (C=S) groups is 1. The van der Waals surface area contributed by atoms with Crippen molar-refractivity contribution in [2.45, 2.75) is 39.0 Å². The van der Waals surface area contributed by atoms with Crippen LogP contribution in [-0.2, 0) is 4.79 Å². The molecular weight excluding hydrogens is 558 g/mol. The lowest BCUT2D eigenvalue weighted by molar-refractivity contribution is -0.139. The van der Waals surface area contributed by atoms with E-state index in [-0.39, 0.29) is 10.6 Å². The molecule has 35 heavy (non-hydrogen) atoms. The summed E-state index contributed by atoms with van der Waals surface area (Å²) in [7, 11) is 0. The third-order valence-electron chi connectivity index (χ3n) is 5.28. The van der Waals surface area contributed by atoms with Gasteiger partial charge in [-0.3, -0.25) is 4.79 Å². The van der Waals surface area contributed by atoms with E-state index >= 15 is 0 Å². The number of allylic oxidation sites excluding steroid dienone is 1. The van der Waals surface area contributed by atoms with Gasteiger partial charge < -0.3 is 10.6 Å². The van der Waals surface area contributed by atoms with E-state index in [2.05, 4.69) is 21.2 Å². The van der Waals surface area contributed by atoms with E-state index < -0.39 is 37.3 Å². The molecule has 0 heterocycles. The van der Waals surface area contributed by atoms with E-state index in [0.29, 0.717) is 15.6 Å². The van der Waals surface area contributed by atoms with E-state index in [0.717, 1.165) is 22.8 Å². The Bertz CT molecular complexity index is 1100. The van der Waals surface area contributed by atoms with Gasteiger partial charge in [0.15, 0.2) is 0 Å². The minimum atomic E-state index is -4.52. The average molecular weight is 581 g/mol. The molecule has 190 valence electrons. The van der Waals surface area contributed by atoms with Gasteiger partial charge in [-0.05, 0) is 54.7 Å². The van der Waals surface area contributed by atoms with E-state index in [9.17, 15) is 31.1 Å². The van der Waals surface area contributed by atoms with Gasteiger partial charge in [0.05, 0.1) is 12.5 Å². The number of alkyl halides is 6. The normalized spacial score (nSPS) is 13.1. The maximum atomic E-state index is 13.8. The van der Waals surface area contributed by atoms with Crippen molar-refractivity contribution in [2.75, 3.05) is 13.1 Å². The van der Waals surface area contributed by atoms with Crippen LogP contribution in [-0.4, -0.2) is 36.3 Å². The van der Waals surface area contributed by atoms with Crippen molar-refractivity contribution in [2.24, 2.45) is 0 Å². The Balaban J connectivity index is 2.15. The van der Waals surface area contributed by atoms with Crippen LogP contribution in [0.5, 0.6) is 0 Å². The molecule has 2 N–H and O–H groups in total. The fraction of sp³-hybridized carbons (Fsp3) is 0.333. The van der Waals surface area contributed by atoms with Crippen LogP contribution in [0.3, 0.4) is 0 Å². The molecule has 11 heteroatoms. The first-order chi connectivity index (χ1) is 16.1. The second-order valence-corrected chi connectivity index (χ2v) is 9.23. The minimum Gasteiger partial charge on any atom is -0.367 e. The van der Waals surface area contributed by atoms with Gasteiger partial charge in [-0.25, -0.2) is 0 Å². The zero-order chi connectivity index (χ0) is 26.6. The van der Waals surface area contributed by atoms with Gasteiger partial charge in [-0.15, -0.1) is 0 Å². The lowest BCUT2D eigenvalue weighted by Crippen LogP contribution is -2.40. The van der Waals surface area contributed by atoms with Gasteiger partial charge >= 0.3 is 12.4 Å². The fourth-order valence-corrected chi connectivity index (χ4v) is 4.18. The highest BCUT2D eigenvalue weighted by atomic mass is 79.9. The molecule has 0 saturated heterocycles. The molecule has 0 aliphatic heterocycles. The van der Waals surface area contributed by atoms with Gasteiger partial charge in [-0.2, -0.15) is 26.3 Å². The molecule has 0 aliphatic carbocycles. The summed E-state index contributed by atoms with van der Waals surface area (Å²) in [4.78, 5) is 11.6. The standard InChI is InChI=1S/C24H23BrF6N2OS/c1-13-8-17(9-14(2)15(13)3)19(24(29,30)31)7-5-16-4-6-18(20(25)10-16)22(35)32-11-21(34)33-12-23(26,27)28/h4-10,19H,11-12H2,1-3H3,(H,32,35)(H,33,34)/b7-5+. The molecule has 1 atom stereocenters. The van der Waals surface area contributed by atoms with Crippen molar-refractivity contribution in [3.8, 4) is 0 Å². The number of aryl methyl sites for hydroxylation is 2. The van der Waals surface area contributed by atoms with Crippen molar-refractivity contribution in [3.05, 3.63) is 74.3 Å². The molecule has 0 aromatic heterocycles. The maximum absolute atomic E-state index is 13.8. The second-order valence-electron chi connectivity index (χ2n) is 7.97. The summed E-state index contributed by atoms with van der Waals surface area (Å²) in [6.45, 7) is 3.49. The summed E-state index contributed by atoms with van der Waals surface area (Å²) in [5, 5.41) is 4.27. The first kappa shape index (κ1) is 28.8. The van der Waals surface area contributed by atoms with Crippen LogP contribution in [0.15, 0.2) is 40.9 Å². The van der Waals surface area contributed by atoms with Gasteiger partial charge in [0, 0.05) is 10.0 Å². The summed E-state index contributed by atoms with van der Waals surface area (Å²) in [5.74, 6) is -2.68. The Labute approximate surface area is 213 Å². The van der Waals surface area contributed by atoms with E-state index in [1.165, 1.54) is 12.1 Å². The third-order valence-corrected chi connectivity index (χ3v) is 6.30. The van der Waals surface area contributed by atoms with Crippen molar-refractivity contribution < 1.29 is 31.1 Å². The first-order valence-electron chi connectivity index (χ1n) is 10.3. The molecule has 0 fully saturated rings. The molecule has 0 aliphatic rings. The number of amides is 1. The summed E-state index contributed by atoms with van der Waals surface area (Å²) >= 11 is 8.47. The fourth-order valence-electron chi connectivity index (χ4n) is 3.20. The number of nitrogens with one attached hydrogen (secondary N) is 2. The van der Waals surface area contributed by atoms with Crippen LogP contribution >= 0.6 is 28.1 Å². The highest BCUT2D eigenvalue weighted by Gasteiger charge is 2.39. The predicted octanol–water partition coefficient (Wildman–Crippen LogP) is 6.68. The Morgan fingerprint density at radius 2 is 1.63 bits per heavy atom. The molecule has 0 spiro atoms. The molecule has 1 unspecified atom stereocenters. The van der Waals surface area contributed by atoms with E-state index in [4.69, 9.17) is 12.2 Å². The first-order valence-corrected chi connectivity index (χ1v) is 11.5. The highest BCUT2D eigenvalue weighted by molar-refractivity contribution is 9.10. The number of hydrogen-bond acceptors (Lipinski definition) is 2. The number of hydrogen-bond donors (Lipinski definition) is 2. The summed E-state index contributed by atoms with van der Waals surface area (Å²) in [5.41, 5.74) is 3.56. The topological polar surface area (TPSA) is 41.1 Å². The van der Waals surface area contributed by atoms with Crippen molar-refractivity contribution in [1.29, 1.82) is 0 Å². The zero-order valence-corrected chi connectivity index (χ0v) is 21.4. The Morgan fingerprint density at radius 1 is 1.03 bits per heavy atom. The lowest BCUT2D eigenvalue weighted by atomic mass is 9.91. The quantitative estimate of drug-likeness (QED) is 0.283. The molecule has 2 rings (SSSR count). The summed E-state index contributed by atoms with van der Waals surface area (Å²) in [6, 6.07) is 7.73. The number of rotatable bonds is 7. The van der Waals surface area contributed by atoms with Gasteiger partial charge in [-0.1, -0.05) is 64.6 Å². The van der Waals surface area contributed by atoms with Crippen LogP contribution in [0.25, 0.3) is 6.08 Å². The van der Waals surface area contributed by atoms with Crippen molar-refractivity contribution >= 4 is 45.1 Å². The molecule has 2 aromatic carbocycles. The summed E-state index contributed by atoms with van der Waals surface area (Å²) < 4.78 is 78.4. The van der Waals surface area contributed by atoms with E-state index in [1.807, 2.05) is 6.92 Å². The molecular formula is C24H23BrF6N2OS. The molecule has 1 amide bonds. The number of carbonyl (C=O) groups excluding carboxylic acids is 1. The Kier molecular flexibility index (Phi) is 9.52. The predicted molar refractivity (Wildman–Crippen MR) is 131 cm³/mol. The van der Waals surface area contributed by atoms with Gasteiger partial charge in [0.25, 0.3) is 0 Å². The monoisotopic (exact) mass is 580 g/mol. The lowest BCUT2D eigenvalue weighted by Gasteiger charge is -2.19. The maximum Gasteiger partial charge on any atom is 0.405 e. The highest BCUT2D eigenvalue weighted by Crippen LogP contribution is 2.38. The number of carbonyl (C=O) groups is 1. The smallest absolute Gasteiger partial charge is 0.367 e. The van der Waals surface area contributed by atoms with Crippen LogP contribution in [0, 0.1) is 20.8 Å². The van der Waals surface area contributed by atoms with Crippen LogP contribution in [0.2, 0.25) is 0 Å². The molecule has 0 bridgehead atoms. The largest absolute Gasteiger partial charge is 0.405 e. The number of halogens is 7. The van der Waals surface area contributed by atoms with Crippen LogP contribution < -0.4 is 10.6 Å². The van der Waals surface area contributed by atoms with Crippen molar-refractivity contribution in [1.82, 2.24) is 10.6 Å². The van der Waals surface area contributed by atoms with Crippen LogP contribution in [0.4, 0.5) is 26.3 Å². The molecule has 2 aromatic rings. The molecule has 0 radical (unpaired) electrons. The van der Waals surface area contributed by atoms with Gasteiger partial charge in [0.2, 0.25) is 5.91 Å². The summed E-state index contributed by atoms with van der Waals surface area (Å²) in [6.07, 6.45) is -6.56. The third kappa shape index (κ3) is 8.64. The Morgan fingerprint density at radius 3 is 2.14 bits per heavy atom.